The van der Waals surface area contributed by atoms with Crippen LogP contribution in [0.2, 0.25) is 0 Å². The Hall–Kier alpha value is -1.80. The largest absolute Gasteiger partial charge is 0.477 e. The maximum absolute atomic E-state index is 13.7. The number of hydrogen-bond donors (Lipinski definition) is 2. The second kappa shape index (κ2) is 5.90. The first-order valence-corrected chi connectivity index (χ1v) is 7.25. The molecule has 0 aliphatic carbocycles. The number of anilines is 1. The Morgan fingerprint density at radius 2 is 1.86 bits per heavy atom. The van der Waals surface area contributed by atoms with Gasteiger partial charge >= 0.3 is 5.97 Å². The molecule has 0 saturated carbocycles. The van der Waals surface area contributed by atoms with Gasteiger partial charge in [-0.05, 0) is 30.0 Å². The zero-order valence-corrected chi connectivity index (χ0v) is 12.9. The molecule has 0 bridgehead atoms. The number of amides is 1. The van der Waals surface area contributed by atoms with E-state index >= 15 is 0 Å². The second-order valence-electron chi connectivity index (χ2n) is 4.13. The van der Waals surface area contributed by atoms with E-state index in [-0.39, 0.29) is 15.0 Å². The highest BCUT2D eigenvalue weighted by molar-refractivity contribution is 9.10. The Morgan fingerprint density at radius 1 is 1.29 bits per heavy atom. The van der Waals surface area contributed by atoms with E-state index in [1.807, 2.05) is 0 Å². The number of carboxylic acids is 1. The van der Waals surface area contributed by atoms with Crippen LogP contribution in [0.4, 0.5) is 14.5 Å². The lowest BCUT2D eigenvalue weighted by molar-refractivity contribution is 0.0703. The molecular weight excluding hydrogens is 368 g/mol. The van der Waals surface area contributed by atoms with Gasteiger partial charge in [0.2, 0.25) is 0 Å². The summed E-state index contributed by atoms with van der Waals surface area (Å²) in [6.07, 6.45) is 0. The van der Waals surface area contributed by atoms with Gasteiger partial charge in [0.05, 0.1) is 5.69 Å². The topological polar surface area (TPSA) is 66.4 Å². The van der Waals surface area contributed by atoms with E-state index < -0.39 is 29.1 Å². The van der Waals surface area contributed by atoms with Crippen LogP contribution in [0.5, 0.6) is 0 Å². The Kier molecular flexibility index (Phi) is 4.38. The lowest BCUT2D eigenvalue weighted by Crippen LogP contribution is -2.17. The Balaban J connectivity index is 2.40. The van der Waals surface area contributed by atoms with Crippen LogP contribution < -0.4 is 5.32 Å². The molecule has 0 unspecified atom stereocenters. The number of aryl methyl sites for hydroxylation is 1. The van der Waals surface area contributed by atoms with Crippen molar-refractivity contribution in [2.45, 2.75) is 6.92 Å². The molecule has 1 aromatic heterocycles. The predicted octanol–water partition coefficient (Wildman–Crippen LogP) is 4.05. The molecule has 0 aliphatic heterocycles. The zero-order valence-electron chi connectivity index (χ0n) is 10.5. The van der Waals surface area contributed by atoms with Crippen molar-refractivity contribution < 1.29 is 23.5 Å². The minimum atomic E-state index is -1.22. The second-order valence-corrected chi connectivity index (χ2v) is 5.92. The van der Waals surface area contributed by atoms with E-state index in [1.54, 1.807) is 6.92 Å². The molecule has 1 heterocycles. The average molecular weight is 376 g/mol. The third kappa shape index (κ3) is 3.11. The number of nitrogens with one attached hydrogen (secondary N) is 1. The molecule has 0 fully saturated rings. The van der Waals surface area contributed by atoms with Crippen molar-refractivity contribution in [2.75, 3.05) is 5.32 Å². The molecule has 0 saturated heterocycles. The summed E-state index contributed by atoms with van der Waals surface area (Å²) in [7, 11) is 0. The summed E-state index contributed by atoms with van der Waals surface area (Å²) < 4.78 is 27.6. The van der Waals surface area contributed by atoms with Gasteiger partial charge in [0.1, 0.15) is 22.1 Å². The number of carbonyl (C=O) groups is 2. The third-order valence-corrected chi connectivity index (χ3v) is 4.19. The normalized spacial score (nSPS) is 10.5. The Morgan fingerprint density at radius 3 is 2.38 bits per heavy atom. The first-order valence-electron chi connectivity index (χ1n) is 5.58. The van der Waals surface area contributed by atoms with E-state index in [1.165, 1.54) is 5.38 Å². The van der Waals surface area contributed by atoms with E-state index in [4.69, 9.17) is 5.11 Å². The van der Waals surface area contributed by atoms with Crippen LogP contribution in [-0.4, -0.2) is 17.0 Å². The molecule has 0 aliphatic rings. The maximum Gasteiger partial charge on any atom is 0.348 e. The van der Waals surface area contributed by atoms with Crippen LogP contribution in [-0.2, 0) is 0 Å². The van der Waals surface area contributed by atoms with Crippen molar-refractivity contribution in [2.24, 2.45) is 0 Å². The van der Waals surface area contributed by atoms with Crippen LogP contribution in [0.15, 0.2) is 22.0 Å². The molecule has 0 atom stereocenters. The van der Waals surface area contributed by atoms with E-state index in [0.29, 0.717) is 5.56 Å². The van der Waals surface area contributed by atoms with Crippen molar-refractivity contribution >= 4 is 44.8 Å². The summed E-state index contributed by atoms with van der Waals surface area (Å²) in [4.78, 5) is 22.9. The zero-order chi connectivity index (χ0) is 15.7. The minimum Gasteiger partial charge on any atom is -0.477 e. The van der Waals surface area contributed by atoms with Crippen LogP contribution in [0.25, 0.3) is 0 Å². The highest BCUT2D eigenvalue weighted by atomic mass is 79.9. The summed E-state index contributed by atoms with van der Waals surface area (Å²) in [5, 5.41) is 12.8. The fraction of sp³-hybridized carbons (Fsp3) is 0.0769. The number of aromatic carboxylic acids is 1. The van der Waals surface area contributed by atoms with Gasteiger partial charge in [0.15, 0.2) is 0 Å². The standard InChI is InChI=1S/C13H8BrF2NO3S/c1-5-4-21-11(13(19)20)10(5)17-12(18)9-7(15)2-6(14)3-8(9)16/h2-4H,1H3,(H,17,18)(H,19,20). The van der Waals surface area contributed by atoms with Crippen molar-refractivity contribution in [1.82, 2.24) is 0 Å². The monoisotopic (exact) mass is 375 g/mol. The number of carbonyl (C=O) groups excluding carboxylic acids is 1. The van der Waals surface area contributed by atoms with E-state index in [9.17, 15) is 18.4 Å². The molecule has 4 nitrogen and oxygen atoms in total. The molecule has 2 aromatic rings. The van der Waals surface area contributed by atoms with Gasteiger partial charge in [0, 0.05) is 4.47 Å². The van der Waals surface area contributed by atoms with Crippen LogP contribution in [0, 0.1) is 18.6 Å². The smallest absolute Gasteiger partial charge is 0.348 e. The molecule has 8 heteroatoms. The van der Waals surface area contributed by atoms with Crippen LogP contribution >= 0.6 is 27.3 Å². The van der Waals surface area contributed by atoms with Gasteiger partial charge < -0.3 is 10.4 Å². The van der Waals surface area contributed by atoms with Gasteiger partial charge in [0.25, 0.3) is 5.91 Å². The predicted molar refractivity (Wildman–Crippen MR) is 78.0 cm³/mol. The minimum absolute atomic E-state index is 0.0409. The first-order chi connectivity index (χ1) is 9.81. The molecular formula is C13H8BrF2NO3S. The number of benzene rings is 1. The summed E-state index contributed by atoms with van der Waals surface area (Å²) in [6.45, 7) is 1.59. The van der Waals surface area contributed by atoms with Crippen LogP contribution in [0.3, 0.4) is 0 Å². The molecule has 1 aromatic carbocycles. The summed E-state index contributed by atoms with van der Waals surface area (Å²) in [5.74, 6) is -4.34. The molecule has 0 radical (unpaired) electrons. The summed E-state index contributed by atoms with van der Waals surface area (Å²) in [5.41, 5.74) is -0.219. The Bertz CT molecular complexity index is 722. The number of halogens is 3. The quantitative estimate of drug-likeness (QED) is 0.850. The first kappa shape index (κ1) is 15.6. The summed E-state index contributed by atoms with van der Waals surface area (Å²) >= 11 is 3.83. The molecule has 1 amide bonds. The maximum atomic E-state index is 13.7. The fourth-order valence-corrected chi connectivity index (χ4v) is 2.94. The highest BCUT2D eigenvalue weighted by Gasteiger charge is 2.22. The third-order valence-electron chi connectivity index (χ3n) is 2.64. The number of hydrogen-bond acceptors (Lipinski definition) is 3. The summed E-state index contributed by atoms with van der Waals surface area (Å²) in [6, 6.07) is 1.91. The lowest BCUT2D eigenvalue weighted by Gasteiger charge is -2.08. The SMILES string of the molecule is Cc1csc(C(=O)O)c1NC(=O)c1c(F)cc(Br)cc1F. The highest BCUT2D eigenvalue weighted by Crippen LogP contribution is 2.29. The number of carboxylic acid groups (broad SMARTS) is 1. The molecule has 21 heavy (non-hydrogen) atoms. The van der Waals surface area contributed by atoms with Gasteiger partial charge in [-0.2, -0.15) is 0 Å². The van der Waals surface area contributed by atoms with Gasteiger partial charge in [-0.1, -0.05) is 15.9 Å². The fourth-order valence-electron chi connectivity index (χ4n) is 1.69. The van der Waals surface area contributed by atoms with Gasteiger partial charge in [-0.15, -0.1) is 11.3 Å². The number of thiophene rings is 1. The molecule has 0 spiro atoms. The lowest BCUT2D eigenvalue weighted by atomic mass is 10.1. The van der Waals surface area contributed by atoms with Crippen molar-refractivity contribution in [3.8, 4) is 0 Å². The number of rotatable bonds is 3. The van der Waals surface area contributed by atoms with Gasteiger partial charge in [-0.3, -0.25) is 4.79 Å². The van der Waals surface area contributed by atoms with E-state index in [2.05, 4.69) is 21.2 Å². The van der Waals surface area contributed by atoms with Gasteiger partial charge in [-0.25, -0.2) is 13.6 Å². The Labute approximate surface area is 130 Å². The van der Waals surface area contributed by atoms with Crippen molar-refractivity contribution in [1.29, 1.82) is 0 Å². The van der Waals surface area contributed by atoms with Crippen molar-refractivity contribution in [3.63, 3.8) is 0 Å². The molecule has 2 N–H and O–H groups in total. The van der Waals surface area contributed by atoms with Crippen molar-refractivity contribution in [3.05, 3.63) is 49.6 Å². The average Bonchev–Trinajstić information content (AvgIpc) is 2.69. The molecule has 2 rings (SSSR count). The molecule has 110 valence electrons. The van der Waals surface area contributed by atoms with E-state index in [0.717, 1.165) is 23.5 Å². The van der Waals surface area contributed by atoms with Crippen LogP contribution in [0.1, 0.15) is 25.6 Å².